The Morgan fingerprint density at radius 3 is 2.64 bits per heavy atom. The topological polar surface area (TPSA) is 69.4 Å². The average Bonchev–Trinajstić information content (AvgIpc) is 2.55. The Balaban J connectivity index is 1.66. The maximum atomic E-state index is 12.4. The monoisotopic (exact) mass is 317 g/mol. The van der Waals surface area contributed by atoms with E-state index in [4.69, 9.17) is 4.74 Å². The van der Waals surface area contributed by atoms with Gasteiger partial charge in [-0.15, -0.1) is 0 Å². The zero-order valence-corrected chi connectivity index (χ0v) is 12.6. The molecular formula is C16H15NO4S. The van der Waals surface area contributed by atoms with Crippen LogP contribution in [0.4, 0.5) is 5.69 Å². The summed E-state index contributed by atoms with van der Waals surface area (Å²) >= 11 is 0. The molecule has 2 atom stereocenters. The zero-order valence-electron chi connectivity index (χ0n) is 11.8. The van der Waals surface area contributed by atoms with Crippen molar-refractivity contribution < 1.29 is 13.9 Å². The molecule has 0 bridgehead atoms. The first kappa shape index (κ1) is 14.7. The molecule has 5 nitrogen and oxygen atoms in total. The summed E-state index contributed by atoms with van der Waals surface area (Å²) in [4.78, 5) is 10.8. The van der Waals surface area contributed by atoms with Crippen LogP contribution in [0.2, 0.25) is 0 Å². The number of rotatable bonds is 4. The number of aryl methyl sites for hydroxylation is 1. The molecule has 1 aliphatic rings. The van der Waals surface area contributed by atoms with Gasteiger partial charge in [-0.1, -0.05) is 18.2 Å². The molecule has 1 unspecified atom stereocenters. The van der Waals surface area contributed by atoms with E-state index >= 15 is 0 Å². The van der Waals surface area contributed by atoms with Crippen LogP contribution in [-0.4, -0.2) is 21.0 Å². The van der Waals surface area contributed by atoms with E-state index in [1.807, 2.05) is 24.3 Å². The summed E-state index contributed by atoms with van der Waals surface area (Å²) in [5.41, 5.74) is 1.18. The molecule has 0 fully saturated rings. The molecule has 114 valence electrons. The third-order valence-corrected chi connectivity index (χ3v) is 5.12. The first-order chi connectivity index (χ1) is 10.6. The number of ether oxygens (including phenoxy) is 1. The highest BCUT2D eigenvalue weighted by Gasteiger charge is 2.22. The highest BCUT2D eigenvalue weighted by atomic mass is 32.2. The molecule has 22 heavy (non-hydrogen) atoms. The van der Waals surface area contributed by atoms with Gasteiger partial charge in [0.15, 0.2) is 0 Å². The minimum absolute atomic E-state index is 0.00333. The first-order valence-corrected chi connectivity index (χ1v) is 8.33. The van der Waals surface area contributed by atoms with Crippen molar-refractivity contribution in [3.05, 3.63) is 64.2 Å². The van der Waals surface area contributed by atoms with Crippen LogP contribution in [-0.2, 0) is 17.2 Å². The fraction of sp³-hybridized carbons (Fsp3) is 0.250. The Labute approximate surface area is 130 Å². The Morgan fingerprint density at radius 2 is 1.91 bits per heavy atom. The van der Waals surface area contributed by atoms with Crippen molar-refractivity contribution in [3.63, 3.8) is 0 Å². The number of fused-ring (bicyclic) bond motifs is 1. The molecule has 2 aromatic carbocycles. The summed E-state index contributed by atoms with van der Waals surface area (Å²) in [5.74, 6) is 1.26. The molecule has 0 radical (unpaired) electrons. The van der Waals surface area contributed by atoms with E-state index in [9.17, 15) is 14.3 Å². The molecular weight excluding hydrogens is 302 g/mol. The van der Waals surface area contributed by atoms with Crippen LogP contribution in [0.5, 0.6) is 5.75 Å². The number of nitrogens with zero attached hydrogens (tertiary/aromatic N) is 1. The fourth-order valence-electron chi connectivity index (χ4n) is 2.48. The van der Waals surface area contributed by atoms with Crippen molar-refractivity contribution in [1.29, 1.82) is 0 Å². The van der Waals surface area contributed by atoms with Crippen LogP contribution in [0.1, 0.15) is 12.0 Å². The second-order valence-electron chi connectivity index (χ2n) is 5.15. The molecule has 0 saturated carbocycles. The number of hydrogen-bond acceptors (Lipinski definition) is 4. The number of nitro benzene ring substituents is 1. The van der Waals surface area contributed by atoms with E-state index in [1.54, 1.807) is 12.1 Å². The number of hydrogen-bond donors (Lipinski definition) is 0. The lowest BCUT2D eigenvalue weighted by atomic mass is 10.0. The predicted molar refractivity (Wildman–Crippen MR) is 83.6 cm³/mol. The second kappa shape index (κ2) is 6.27. The number of nitro groups is 1. The van der Waals surface area contributed by atoms with E-state index in [2.05, 4.69) is 0 Å². The highest BCUT2D eigenvalue weighted by molar-refractivity contribution is 7.85. The van der Waals surface area contributed by atoms with Gasteiger partial charge in [0.2, 0.25) is 0 Å². The van der Waals surface area contributed by atoms with E-state index in [1.165, 1.54) is 17.7 Å². The van der Waals surface area contributed by atoms with Gasteiger partial charge in [-0.3, -0.25) is 14.3 Å². The molecule has 0 aromatic heterocycles. The number of non-ortho nitro benzene ring substituents is 1. The predicted octanol–water partition coefficient (Wildman–Crippen LogP) is 3.10. The van der Waals surface area contributed by atoms with Gasteiger partial charge in [-0.2, -0.15) is 0 Å². The SMILES string of the molecule is O=[N+]([O-])c1ccc(S(=O)C[C@@H]2CCc3ccccc3O2)cc1. The Hall–Kier alpha value is -2.21. The quantitative estimate of drug-likeness (QED) is 0.642. The smallest absolute Gasteiger partial charge is 0.269 e. The average molecular weight is 317 g/mol. The molecule has 1 aliphatic heterocycles. The second-order valence-corrected chi connectivity index (χ2v) is 6.65. The summed E-state index contributed by atoms with van der Waals surface area (Å²) in [6, 6.07) is 13.7. The maximum absolute atomic E-state index is 12.4. The lowest BCUT2D eigenvalue weighted by Crippen LogP contribution is -2.28. The maximum Gasteiger partial charge on any atom is 0.269 e. The van der Waals surface area contributed by atoms with E-state index in [0.29, 0.717) is 10.6 Å². The van der Waals surface area contributed by atoms with Crippen LogP contribution in [0.3, 0.4) is 0 Å². The molecule has 0 spiro atoms. The Morgan fingerprint density at radius 1 is 1.18 bits per heavy atom. The van der Waals surface area contributed by atoms with Gasteiger partial charge in [-0.05, 0) is 36.6 Å². The lowest BCUT2D eigenvalue weighted by molar-refractivity contribution is -0.384. The standard InChI is InChI=1S/C16H15NO4S/c18-17(19)13-6-9-15(10-7-13)22(20)11-14-8-5-12-3-1-2-4-16(12)21-14/h1-4,6-7,9-10,14H,5,8,11H2/t14-,22?/m0/s1. The van der Waals surface area contributed by atoms with Gasteiger partial charge in [0.25, 0.3) is 5.69 Å². The van der Waals surface area contributed by atoms with Crippen molar-refractivity contribution in [2.75, 3.05) is 5.75 Å². The zero-order chi connectivity index (χ0) is 15.5. The molecule has 0 amide bonds. The van der Waals surface area contributed by atoms with Crippen molar-refractivity contribution in [2.45, 2.75) is 23.8 Å². The van der Waals surface area contributed by atoms with Crippen LogP contribution >= 0.6 is 0 Å². The molecule has 6 heteroatoms. The van der Waals surface area contributed by atoms with E-state index < -0.39 is 15.7 Å². The lowest BCUT2D eigenvalue weighted by Gasteiger charge is -2.25. The molecule has 0 aliphatic carbocycles. The Kier molecular flexibility index (Phi) is 4.20. The molecule has 0 saturated heterocycles. The van der Waals surface area contributed by atoms with Crippen molar-refractivity contribution >= 4 is 16.5 Å². The minimum atomic E-state index is -1.23. The number of benzene rings is 2. The summed E-state index contributed by atoms with van der Waals surface area (Å²) in [7, 11) is -1.23. The van der Waals surface area contributed by atoms with Gasteiger partial charge in [0, 0.05) is 17.0 Å². The normalized spacial score (nSPS) is 18.1. The van der Waals surface area contributed by atoms with Crippen LogP contribution in [0, 0.1) is 10.1 Å². The van der Waals surface area contributed by atoms with Gasteiger partial charge in [-0.25, -0.2) is 0 Å². The fourth-order valence-corrected chi connectivity index (χ4v) is 3.69. The minimum Gasteiger partial charge on any atom is -0.489 e. The van der Waals surface area contributed by atoms with Gasteiger partial charge in [0.05, 0.1) is 21.5 Å². The molecule has 1 heterocycles. The van der Waals surface area contributed by atoms with Gasteiger partial charge in [0.1, 0.15) is 11.9 Å². The third-order valence-electron chi connectivity index (χ3n) is 3.65. The van der Waals surface area contributed by atoms with Crippen molar-refractivity contribution in [3.8, 4) is 5.75 Å². The van der Waals surface area contributed by atoms with Crippen molar-refractivity contribution in [2.24, 2.45) is 0 Å². The molecule has 3 rings (SSSR count). The summed E-state index contributed by atoms with van der Waals surface area (Å²) in [6.07, 6.45) is 1.65. The first-order valence-electron chi connectivity index (χ1n) is 7.01. The van der Waals surface area contributed by atoms with Gasteiger partial charge >= 0.3 is 0 Å². The third kappa shape index (κ3) is 3.17. The highest BCUT2D eigenvalue weighted by Crippen LogP contribution is 2.28. The Bertz CT molecular complexity index is 714. The summed E-state index contributed by atoms with van der Waals surface area (Å²) < 4.78 is 18.3. The van der Waals surface area contributed by atoms with Crippen LogP contribution in [0.25, 0.3) is 0 Å². The van der Waals surface area contributed by atoms with Crippen LogP contribution < -0.4 is 4.74 Å². The van der Waals surface area contributed by atoms with Crippen molar-refractivity contribution in [1.82, 2.24) is 0 Å². The largest absolute Gasteiger partial charge is 0.489 e. The van der Waals surface area contributed by atoms with Gasteiger partial charge < -0.3 is 4.74 Å². The molecule has 0 N–H and O–H groups in total. The van der Waals surface area contributed by atoms with E-state index in [0.717, 1.165) is 18.6 Å². The van der Waals surface area contributed by atoms with E-state index in [-0.39, 0.29) is 11.8 Å². The molecule has 2 aromatic rings. The number of para-hydroxylation sites is 1. The summed E-state index contributed by atoms with van der Waals surface area (Å²) in [5, 5.41) is 10.6. The van der Waals surface area contributed by atoms with Crippen LogP contribution in [0.15, 0.2) is 53.4 Å². The summed E-state index contributed by atoms with van der Waals surface area (Å²) in [6.45, 7) is 0.